The van der Waals surface area contributed by atoms with E-state index in [1.54, 1.807) is 0 Å². The van der Waals surface area contributed by atoms with Crippen molar-refractivity contribution in [1.82, 2.24) is 4.90 Å². The molecule has 1 aliphatic heterocycles. The van der Waals surface area contributed by atoms with Crippen molar-refractivity contribution >= 4 is 29.3 Å². The molecule has 0 saturated carbocycles. The van der Waals surface area contributed by atoms with Crippen molar-refractivity contribution in [3.63, 3.8) is 0 Å². The van der Waals surface area contributed by atoms with Crippen LogP contribution in [0, 0.1) is 0 Å². The normalized spacial score (nSPS) is 17.6. The number of anilines is 2. The molecule has 0 bridgehead atoms. The molecule has 4 nitrogen and oxygen atoms in total. The van der Waals surface area contributed by atoms with E-state index in [1.165, 1.54) is 0 Å². The van der Waals surface area contributed by atoms with Gasteiger partial charge in [0.2, 0.25) is 0 Å². The molecule has 3 rings (SSSR count). The predicted octanol–water partition coefficient (Wildman–Crippen LogP) is 4.58. The summed E-state index contributed by atoms with van der Waals surface area (Å²) in [5.74, 6) is 0.163. The highest BCUT2D eigenvalue weighted by atomic mass is 16.1. The van der Waals surface area contributed by atoms with E-state index in [2.05, 4.69) is 70.2 Å². The fourth-order valence-electron chi connectivity index (χ4n) is 3.72. The minimum absolute atomic E-state index is 0.163. The van der Waals surface area contributed by atoms with Crippen LogP contribution in [0.2, 0.25) is 0 Å². The molecule has 1 fully saturated rings. The standard InChI is InChI=1S/C26H33N3O/c1-6-15-29-18-22(16-20-7-11-24(12-8-20)27(2)3)26(30)23(19-29)17-21-9-13-25(14-10-21)28(4)5/h7-14,16-17H,6,15,18-19H2,1-5H3/b22-16+,23-17?. The van der Waals surface area contributed by atoms with Gasteiger partial charge in [0.15, 0.2) is 5.78 Å². The second-order valence-electron chi connectivity index (χ2n) is 8.35. The third-order valence-corrected chi connectivity index (χ3v) is 5.41. The number of likely N-dealkylation sites (tertiary alicyclic amines) is 1. The molecule has 2 aromatic rings. The van der Waals surface area contributed by atoms with Crippen LogP contribution in [0.15, 0.2) is 59.7 Å². The lowest BCUT2D eigenvalue weighted by Crippen LogP contribution is -2.38. The first-order valence-electron chi connectivity index (χ1n) is 10.6. The number of nitrogens with zero attached hydrogens (tertiary/aromatic N) is 3. The van der Waals surface area contributed by atoms with E-state index in [4.69, 9.17) is 0 Å². The topological polar surface area (TPSA) is 26.8 Å². The second kappa shape index (κ2) is 9.77. The van der Waals surface area contributed by atoms with Crippen molar-refractivity contribution in [2.45, 2.75) is 13.3 Å². The molecular formula is C26H33N3O. The molecule has 0 amide bonds. The molecule has 0 N–H and O–H groups in total. The summed E-state index contributed by atoms with van der Waals surface area (Å²) in [5, 5.41) is 0. The molecule has 0 aliphatic carbocycles. The second-order valence-corrected chi connectivity index (χ2v) is 8.35. The smallest absolute Gasteiger partial charge is 0.187 e. The van der Waals surface area contributed by atoms with Crippen LogP contribution in [-0.2, 0) is 4.79 Å². The Morgan fingerprint density at radius 3 is 1.50 bits per heavy atom. The largest absolute Gasteiger partial charge is 0.378 e. The van der Waals surface area contributed by atoms with Gasteiger partial charge in [-0.15, -0.1) is 0 Å². The molecule has 0 unspecified atom stereocenters. The molecule has 1 heterocycles. The number of ketones is 1. The molecule has 158 valence electrons. The zero-order chi connectivity index (χ0) is 21.7. The summed E-state index contributed by atoms with van der Waals surface area (Å²) in [6.45, 7) is 4.59. The highest BCUT2D eigenvalue weighted by Crippen LogP contribution is 2.24. The van der Waals surface area contributed by atoms with Gasteiger partial charge in [0.05, 0.1) is 0 Å². The first-order chi connectivity index (χ1) is 14.4. The van der Waals surface area contributed by atoms with Crippen molar-refractivity contribution < 1.29 is 4.79 Å². The number of Topliss-reactive ketones (excluding diaryl/α,β-unsaturated/α-hetero) is 1. The maximum absolute atomic E-state index is 13.3. The van der Waals surface area contributed by atoms with Gasteiger partial charge in [0.1, 0.15) is 0 Å². The molecular weight excluding hydrogens is 370 g/mol. The Hall–Kier alpha value is -2.85. The van der Waals surface area contributed by atoms with E-state index in [-0.39, 0.29) is 5.78 Å². The van der Waals surface area contributed by atoms with Crippen molar-refractivity contribution in [2.24, 2.45) is 0 Å². The lowest BCUT2D eigenvalue weighted by Gasteiger charge is -2.29. The average Bonchev–Trinajstić information content (AvgIpc) is 2.72. The third kappa shape index (κ3) is 5.39. The minimum atomic E-state index is 0.163. The van der Waals surface area contributed by atoms with Crippen LogP contribution in [0.25, 0.3) is 12.2 Å². The van der Waals surface area contributed by atoms with Gasteiger partial charge in [-0.3, -0.25) is 9.69 Å². The Morgan fingerprint density at radius 2 is 1.17 bits per heavy atom. The predicted molar refractivity (Wildman–Crippen MR) is 129 cm³/mol. The van der Waals surface area contributed by atoms with Crippen LogP contribution in [0.3, 0.4) is 0 Å². The third-order valence-electron chi connectivity index (χ3n) is 5.41. The summed E-state index contributed by atoms with van der Waals surface area (Å²) < 4.78 is 0. The molecule has 1 aliphatic rings. The molecule has 2 aromatic carbocycles. The number of hydrogen-bond donors (Lipinski definition) is 0. The summed E-state index contributed by atoms with van der Waals surface area (Å²) in [7, 11) is 8.12. The summed E-state index contributed by atoms with van der Waals surface area (Å²) in [6.07, 6.45) is 5.17. The Morgan fingerprint density at radius 1 is 0.767 bits per heavy atom. The molecule has 0 spiro atoms. The highest BCUT2D eigenvalue weighted by Gasteiger charge is 2.25. The van der Waals surface area contributed by atoms with Crippen molar-refractivity contribution in [2.75, 3.05) is 57.6 Å². The lowest BCUT2D eigenvalue weighted by molar-refractivity contribution is -0.113. The Kier molecular flexibility index (Phi) is 7.11. The summed E-state index contributed by atoms with van der Waals surface area (Å²) in [5.41, 5.74) is 6.17. The maximum Gasteiger partial charge on any atom is 0.187 e. The Labute approximate surface area is 181 Å². The van der Waals surface area contributed by atoms with E-state index in [0.717, 1.165) is 46.6 Å². The van der Waals surface area contributed by atoms with Gasteiger partial charge in [-0.1, -0.05) is 31.2 Å². The van der Waals surface area contributed by atoms with Crippen molar-refractivity contribution in [3.8, 4) is 0 Å². The maximum atomic E-state index is 13.3. The zero-order valence-electron chi connectivity index (χ0n) is 18.9. The molecule has 0 atom stereocenters. The van der Waals surface area contributed by atoms with E-state index < -0.39 is 0 Å². The number of rotatable bonds is 6. The number of piperidine rings is 1. The summed E-state index contributed by atoms with van der Waals surface area (Å²) in [4.78, 5) is 19.8. The average molecular weight is 404 g/mol. The fraction of sp³-hybridized carbons (Fsp3) is 0.346. The van der Waals surface area contributed by atoms with Crippen LogP contribution in [0.4, 0.5) is 11.4 Å². The van der Waals surface area contributed by atoms with Gasteiger partial charge in [-0.2, -0.15) is 0 Å². The SMILES string of the molecule is CCCN1CC(=Cc2ccc(N(C)C)cc2)C(=O)/C(=C/c2ccc(N(C)C)cc2)C1. The summed E-state index contributed by atoms with van der Waals surface area (Å²) in [6, 6.07) is 16.7. The van der Waals surface area contributed by atoms with Crippen molar-refractivity contribution in [1.29, 1.82) is 0 Å². The number of benzene rings is 2. The first kappa shape index (κ1) is 21.8. The van der Waals surface area contributed by atoms with Crippen LogP contribution >= 0.6 is 0 Å². The molecule has 0 aromatic heterocycles. The monoisotopic (exact) mass is 403 g/mol. The first-order valence-corrected chi connectivity index (χ1v) is 10.6. The Bertz CT molecular complexity index is 848. The molecule has 1 saturated heterocycles. The van der Waals surface area contributed by atoms with Gasteiger partial charge in [0, 0.05) is 63.8 Å². The summed E-state index contributed by atoms with van der Waals surface area (Å²) >= 11 is 0. The minimum Gasteiger partial charge on any atom is -0.378 e. The molecule has 4 heteroatoms. The van der Waals surface area contributed by atoms with E-state index in [9.17, 15) is 4.79 Å². The van der Waals surface area contributed by atoms with Crippen LogP contribution in [0.5, 0.6) is 0 Å². The van der Waals surface area contributed by atoms with Gasteiger partial charge in [-0.05, 0) is 60.5 Å². The Balaban J connectivity index is 1.89. The zero-order valence-corrected chi connectivity index (χ0v) is 18.9. The van der Waals surface area contributed by atoms with Crippen LogP contribution < -0.4 is 9.80 Å². The number of hydrogen-bond acceptors (Lipinski definition) is 4. The van der Waals surface area contributed by atoms with E-state index >= 15 is 0 Å². The lowest BCUT2D eigenvalue weighted by atomic mass is 9.94. The van der Waals surface area contributed by atoms with Gasteiger partial charge in [0.25, 0.3) is 0 Å². The van der Waals surface area contributed by atoms with E-state index in [0.29, 0.717) is 13.1 Å². The van der Waals surface area contributed by atoms with Crippen LogP contribution in [-0.4, -0.2) is 58.5 Å². The number of carbonyl (C=O) groups excluding carboxylic acids is 1. The highest BCUT2D eigenvalue weighted by molar-refractivity contribution is 6.14. The fourth-order valence-corrected chi connectivity index (χ4v) is 3.72. The van der Waals surface area contributed by atoms with Crippen LogP contribution in [0.1, 0.15) is 24.5 Å². The quantitative estimate of drug-likeness (QED) is 0.660. The number of carbonyl (C=O) groups is 1. The van der Waals surface area contributed by atoms with Gasteiger partial charge in [-0.25, -0.2) is 0 Å². The molecule has 30 heavy (non-hydrogen) atoms. The van der Waals surface area contributed by atoms with E-state index in [1.807, 2.05) is 40.3 Å². The van der Waals surface area contributed by atoms with Gasteiger partial charge >= 0.3 is 0 Å². The van der Waals surface area contributed by atoms with Gasteiger partial charge < -0.3 is 9.80 Å². The molecule has 0 radical (unpaired) electrons. The van der Waals surface area contributed by atoms with Crippen molar-refractivity contribution in [3.05, 3.63) is 70.8 Å².